The predicted molar refractivity (Wildman–Crippen MR) is 133 cm³/mol. The van der Waals surface area contributed by atoms with Gasteiger partial charge in [-0.3, -0.25) is 0 Å². The van der Waals surface area contributed by atoms with E-state index in [2.05, 4.69) is 54.3 Å². The highest BCUT2D eigenvalue weighted by Gasteiger charge is 2.17. The van der Waals surface area contributed by atoms with Crippen LogP contribution in [-0.2, 0) is 6.54 Å². The third kappa shape index (κ3) is 4.63. The van der Waals surface area contributed by atoms with Crippen LogP contribution in [0.3, 0.4) is 0 Å². The molecule has 0 aliphatic carbocycles. The van der Waals surface area contributed by atoms with E-state index in [-0.39, 0.29) is 5.75 Å². The van der Waals surface area contributed by atoms with Crippen LogP contribution in [0.15, 0.2) is 59.2 Å². The number of alkyl halides is 2. The Labute approximate surface area is 204 Å². The Morgan fingerprint density at radius 3 is 2.62 bits per heavy atom. The van der Waals surface area contributed by atoms with Crippen molar-refractivity contribution in [1.82, 2.24) is 19.9 Å². The molecule has 1 N–H and O–H groups in total. The Morgan fingerprint density at radius 1 is 1.09 bits per heavy atom. The van der Waals surface area contributed by atoms with Gasteiger partial charge >= 0.3 is 6.61 Å². The highest BCUT2D eigenvalue weighted by molar-refractivity contribution is 9.10. The van der Waals surface area contributed by atoms with Gasteiger partial charge in [0, 0.05) is 43.5 Å². The molecule has 6 nitrogen and oxygen atoms in total. The maximum absolute atomic E-state index is 13.0. The lowest BCUT2D eigenvalue weighted by atomic mass is 10.1. The van der Waals surface area contributed by atoms with Crippen molar-refractivity contribution in [2.75, 3.05) is 31.1 Å². The van der Waals surface area contributed by atoms with E-state index in [1.165, 1.54) is 0 Å². The number of halogens is 3. The van der Waals surface area contributed by atoms with Crippen molar-refractivity contribution < 1.29 is 13.5 Å². The number of piperazine rings is 1. The molecular weight excluding hydrogens is 504 g/mol. The fraction of sp³-hybridized carbons (Fsp3) is 0.280. The topological polar surface area (TPSA) is 55.2 Å². The number of fused-ring (bicyclic) bond motifs is 1. The molecule has 0 bridgehead atoms. The zero-order valence-electron chi connectivity index (χ0n) is 18.6. The first-order chi connectivity index (χ1) is 16.5. The van der Waals surface area contributed by atoms with Crippen LogP contribution in [0.5, 0.6) is 5.75 Å². The molecule has 1 fully saturated rings. The molecule has 1 aliphatic heterocycles. The molecule has 0 atom stereocenters. The van der Waals surface area contributed by atoms with E-state index >= 15 is 0 Å². The van der Waals surface area contributed by atoms with Crippen molar-refractivity contribution in [3.8, 4) is 16.9 Å². The van der Waals surface area contributed by atoms with Gasteiger partial charge < -0.3 is 19.5 Å². The van der Waals surface area contributed by atoms with E-state index in [0.29, 0.717) is 16.6 Å². The van der Waals surface area contributed by atoms with Gasteiger partial charge in [0.1, 0.15) is 17.4 Å². The van der Waals surface area contributed by atoms with Gasteiger partial charge in [-0.25, -0.2) is 9.97 Å². The van der Waals surface area contributed by atoms with E-state index in [0.717, 1.165) is 60.0 Å². The number of imidazole rings is 1. The first kappa shape index (κ1) is 22.7. The summed E-state index contributed by atoms with van der Waals surface area (Å²) in [6.07, 6.45) is 1.90. The number of benzene rings is 2. The molecule has 1 aliphatic rings. The van der Waals surface area contributed by atoms with Gasteiger partial charge in [0.15, 0.2) is 0 Å². The lowest BCUT2D eigenvalue weighted by molar-refractivity contribution is -0.0510. The molecule has 4 aromatic rings. The molecule has 0 saturated carbocycles. The summed E-state index contributed by atoms with van der Waals surface area (Å²) in [4.78, 5) is 11.6. The summed E-state index contributed by atoms with van der Waals surface area (Å²) in [5, 5.41) is 3.35. The number of anilines is 1. The molecule has 34 heavy (non-hydrogen) atoms. The summed E-state index contributed by atoms with van der Waals surface area (Å²) in [5.74, 6) is 1.92. The summed E-state index contributed by atoms with van der Waals surface area (Å²) in [6.45, 7) is 3.19. The molecule has 9 heteroatoms. The Bertz CT molecular complexity index is 1300. The van der Waals surface area contributed by atoms with Crippen LogP contribution in [0.4, 0.5) is 14.6 Å². The second-order valence-corrected chi connectivity index (χ2v) is 9.05. The van der Waals surface area contributed by atoms with Gasteiger partial charge in [0.25, 0.3) is 0 Å². The second-order valence-electron chi connectivity index (χ2n) is 8.20. The lowest BCUT2D eigenvalue weighted by Gasteiger charge is -2.28. The Kier molecular flexibility index (Phi) is 6.47. The molecule has 0 unspecified atom stereocenters. The number of nitrogens with one attached hydrogen (secondary N) is 1. The Morgan fingerprint density at radius 2 is 1.88 bits per heavy atom. The number of aryl methyl sites for hydroxylation is 1. The fourth-order valence-corrected chi connectivity index (χ4v) is 4.83. The fourth-order valence-electron chi connectivity index (χ4n) is 4.33. The van der Waals surface area contributed by atoms with Crippen LogP contribution >= 0.6 is 15.9 Å². The highest BCUT2D eigenvalue weighted by Crippen LogP contribution is 2.33. The first-order valence-corrected chi connectivity index (χ1v) is 11.9. The summed E-state index contributed by atoms with van der Waals surface area (Å²) < 4.78 is 33.3. The summed E-state index contributed by atoms with van der Waals surface area (Å²) in [5.41, 5.74) is 4.44. The molecule has 2 aromatic heterocycles. The van der Waals surface area contributed by atoms with Crippen LogP contribution in [0.2, 0.25) is 0 Å². The lowest BCUT2D eigenvalue weighted by Crippen LogP contribution is -2.43. The van der Waals surface area contributed by atoms with E-state index in [4.69, 9.17) is 4.74 Å². The summed E-state index contributed by atoms with van der Waals surface area (Å²) in [6, 6.07) is 15.5. The van der Waals surface area contributed by atoms with Crippen molar-refractivity contribution >= 4 is 32.8 Å². The minimum Gasteiger partial charge on any atom is -0.433 e. The normalized spacial score (nSPS) is 14.2. The van der Waals surface area contributed by atoms with Crippen molar-refractivity contribution in [1.29, 1.82) is 0 Å². The SMILES string of the molecule is Cc1nc2ccc(-c3ccc(N4CCNCC4)nc3)cc2n1Cc1cccc(Br)c1OC(F)F. The van der Waals surface area contributed by atoms with Crippen molar-refractivity contribution in [3.05, 3.63) is 70.6 Å². The smallest absolute Gasteiger partial charge is 0.387 e. The summed E-state index contributed by atoms with van der Waals surface area (Å²) in [7, 11) is 0. The average molecular weight is 528 g/mol. The van der Waals surface area contributed by atoms with Gasteiger partial charge in [-0.2, -0.15) is 8.78 Å². The number of aromatic nitrogens is 3. The Balaban J connectivity index is 1.47. The van der Waals surface area contributed by atoms with E-state index in [1.807, 2.05) is 35.9 Å². The molecular formula is C25H24BrF2N5O. The Hall–Kier alpha value is -3.04. The third-order valence-electron chi connectivity index (χ3n) is 6.05. The molecule has 3 heterocycles. The summed E-state index contributed by atoms with van der Waals surface area (Å²) >= 11 is 3.33. The first-order valence-electron chi connectivity index (χ1n) is 11.1. The predicted octanol–water partition coefficient (Wildman–Crippen LogP) is 5.23. The zero-order valence-corrected chi connectivity index (χ0v) is 20.2. The maximum atomic E-state index is 13.0. The zero-order chi connectivity index (χ0) is 23.7. The maximum Gasteiger partial charge on any atom is 0.387 e. The number of ether oxygens (including phenoxy) is 1. The van der Waals surface area contributed by atoms with E-state index in [1.54, 1.807) is 12.1 Å². The second kappa shape index (κ2) is 9.68. The molecule has 0 amide bonds. The number of hydrogen-bond donors (Lipinski definition) is 1. The number of rotatable bonds is 6. The van der Waals surface area contributed by atoms with Crippen LogP contribution in [-0.4, -0.2) is 47.3 Å². The molecule has 176 valence electrons. The van der Waals surface area contributed by atoms with Gasteiger partial charge in [-0.15, -0.1) is 0 Å². The standard InChI is InChI=1S/C25H24BrF2N5O/c1-16-31-21-7-5-17(18-6-8-23(30-14-18)32-11-9-29-10-12-32)13-22(21)33(16)15-19-3-2-4-20(26)24(19)34-25(27)28/h2-8,13-14,25,29H,9-12,15H2,1H3. The number of hydrogen-bond acceptors (Lipinski definition) is 5. The minimum atomic E-state index is -2.90. The van der Waals surface area contributed by atoms with Crippen molar-refractivity contribution in [2.45, 2.75) is 20.1 Å². The highest BCUT2D eigenvalue weighted by atomic mass is 79.9. The van der Waals surface area contributed by atoms with Crippen LogP contribution in [0.1, 0.15) is 11.4 Å². The van der Waals surface area contributed by atoms with Crippen LogP contribution in [0, 0.1) is 6.92 Å². The molecule has 0 spiro atoms. The number of pyridine rings is 1. The van der Waals surface area contributed by atoms with E-state index < -0.39 is 6.61 Å². The quantitative estimate of drug-likeness (QED) is 0.372. The van der Waals surface area contributed by atoms with E-state index in [9.17, 15) is 8.78 Å². The van der Waals surface area contributed by atoms with Gasteiger partial charge in [0.2, 0.25) is 0 Å². The van der Waals surface area contributed by atoms with Gasteiger partial charge in [0.05, 0.1) is 22.1 Å². The molecule has 1 saturated heterocycles. The molecule has 2 aromatic carbocycles. The monoisotopic (exact) mass is 527 g/mol. The molecule has 5 rings (SSSR count). The number of nitrogens with zero attached hydrogens (tertiary/aromatic N) is 4. The average Bonchev–Trinajstić information content (AvgIpc) is 3.16. The molecule has 0 radical (unpaired) electrons. The van der Waals surface area contributed by atoms with Gasteiger partial charge in [-0.05, 0) is 58.7 Å². The third-order valence-corrected chi connectivity index (χ3v) is 6.67. The van der Waals surface area contributed by atoms with Crippen LogP contribution < -0.4 is 15.0 Å². The minimum absolute atomic E-state index is 0.141. The van der Waals surface area contributed by atoms with Crippen molar-refractivity contribution in [3.63, 3.8) is 0 Å². The van der Waals surface area contributed by atoms with Crippen molar-refractivity contribution in [2.24, 2.45) is 0 Å². The van der Waals surface area contributed by atoms with Gasteiger partial charge in [-0.1, -0.05) is 18.2 Å². The number of para-hydroxylation sites is 1. The van der Waals surface area contributed by atoms with Crippen LogP contribution in [0.25, 0.3) is 22.2 Å². The largest absolute Gasteiger partial charge is 0.433 e.